The van der Waals surface area contributed by atoms with Crippen LogP contribution in [0.1, 0.15) is 37.5 Å². The predicted molar refractivity (Wildman–Crippen MR) is 123 cm³/mol. The molecule has 0 nitrogen and oxygen atoms in total. The van der Waals surface area contributed by atoms with Crippen molar-refractivity contribution in [3.05, 3.63) is 47.0 Å². The van der Waals surface area contributed by atoms with Gasteiger partial charge in [0, 0.05) is 11.1 Å². The summed E-state index contributed by atoms with van der Waals surface area (Å²) in [5.41, 5.74) is 10.8. The third kappa shape index (κ3) is 5.37. The monoisotopic (exact) mass is 376 g/mol. The van der Waals surface area contributed by atoms with Crippen LogP contribution in [0.2, 0.25) is 39.3 Å². The normalized spacial score (nSPS) is 12.2. The Morgan fingerprint density at radius 2 is 1.27 bits per heavy atom. The molecule has 0 spiro atoms. The molecule has 2 aromatic rings. The molecule has 0 atom stereocenters. The molecule has 0 aromatic heterocycles. The van der Waals surface area contributed by atoms with Crippen LogP contribution in [0.4, 0.5) is 0 Å². The lowest BCUT2D eigenvalue weighted by Gasteiger charge is -2.22. The van der Waals surface area contributed by atoms with Crippen molar-refractivity contribution in [2.45, 2.75) is 65.5 Å². The van der Waals surface area contributed by atoms with Crippen LogP contribution in [0.5, 0.6) is 0 Å². The Kier molecular flexibility index (Phi) is 5.62. The van der Waals surface area contributed by atoms with E-state index in [2.05, 4.69) is 113 Å². The van der Waals surface area contributed by atoms with Crippen LogP contribution >= 0.6 is 0 Å². The SMILES string of the molecule is CC(C)(C)c1ccc2c(C#C[Si](C)(C)C)cccc2c1C#C[Si](C)(C)C. The Morgan fingerprint density at radius 3 is 1.81 bits per heavy atom. The van der Waals surface area contributed by atoms with E-state index in [9.17, 15) is 0 Å². The zero-order valence-electron chi connectivity index (χ0n) is 17.9. The Hall–Kier alpha value is -1.75. The van der Waals surface area contributed by atoms with Gasteiger partial charge in [-0.15, -0.1) is 11.1 Å². The fourth-order valence-corrected chi connectivity index (χ4v) is 3.74. The molecule has 0 bridgehead atoms. The molecule has 0 amide bonds. The van der Waals surface area contributed by atoms with Crippen molar-refractivity contribution in [2.24, 2.45) is 0 Å². The second-order valence-corrected chi connectivity index (χ2v) is 19.6. The number of hydrogen-bond donors (Lipinski definition) is 0. The maximum atomic E-state index is 3.58. The second-order valence-electron chi connectivity index (χ2n) is 10.1. The smallest absolute Gasteiger partial charge is 0.127 e. The highest BCUT2D eigenvalue weighted by Crippen LogP contribution is 2.32. The third-order valence-corrected chi connectivity index (χ3v) is 5.75. The minimum absolute atomic E-state index is 0.0671. The molecular weight excluding hydrogens is 344 g/mol. The standard InChI is InChI=1S/C24H32Si2/c1-24(2,3)23-14-13-20-19(15-17-25(4,5)6)11-10-12-21(20)22(23)16-18-26(7,8)9/h10-14H,1-9H3. The minimum atomic E-state index is -1.45. The Labute approximate surface area is 162 Å². The van der Waals surface area contributed by atoms with Gasteiger partial charge in [0.05, 0.1) is 0 Å². The number of hydrogen-bond acceptors (Lipinski definition) is 0. The van der Waals surface area contributed by atoms with Crippen molar-refractivity contribution < 1.29 is 0 Å². The number of benzene rings is 2. The minimum Gasteiger partial charge on any atom is -0.127 e. The van der Waals surface area contributed by atoms with Crippen LogP contribution in [0.3, 0.4) is 0 Å². The summed E-state index contributed by atoms with van der Waals surface area (Å²) < 4.78 is 0. The number of fused-ring (bicyclic) bond motifs is 1. The first-order valence-corrected chi connectivity index (χ1v) is 16.4. The summed E-state index contributed by atoms with van der Waals surface area (Å²) in [7, 11) is -2.85. The van der Waals surface area contributed by atoms with E-state index in [4.69, 9.17) is 0 Å². The van der Waals surface area contributed by atoms with E-state index < -0.39 is 16.1 Å². The highest BCUT2D eigenvalue weighted by Gasteiger charge is 2.20. The van der Waals surface area contributed by atoms with Crippen molar-refractivity contribution in [2.75, 3.05) is 0 Å². The summed E-state index contributed by atoms with van der Waals surface area (Å²) in [4.78, 5) is 0. The van der Waals surface area contributed by atoms with E-state index in [1.807, 2.05) is 0 Å². The molecule has 0 radical (unpaired) electrons. The average Bonchev–Trinajstić information content (AvgIpc) is 2.47. The zero-order chi connectivity index (χ0) is 19.8. The van der Waals surface area contributed by atoms with Gasteiger partial charge in [-0.05, 0) is 27.8 Å². The summed E-state index contributed by atoms with van der Waals surface area (Å²) in [5.74, 6) is 7.03. The second kappa shape index (κ2) is 7.11. The fraction of sp³-hybridized carbons (Fsp3) is 0.417. The van der Waals surface area contributed by atoms with Gasteiger partial charge in [-0.2, -0.15) is 0 Å². The quantitative estimate of drug-likeness (QED) is 0.359. The van der Waals surface area contributed by atoms with E-state index >= 15 is 0 Å². The summed E-state index contributed by atoms with van der Waals surface area (Å²) in [6.07, 6.45) is 0. The lowest BCUT2D eigenvalue weighted by Crippen LogP contribution is -2.17. The van der Waals surface area contributed by atoms with Crippen LogP contribution in [-0.4, -0.2) is 16.1 Å². The van der Waals surface area contributed by atoms with Crippen LogP contribution < -0.4 is 0 Å². The Bertz CT molecular complexity index is 938. The van der Waals surface area contributed by atoms with E-state index in [0.29, 0.717) is 0 Å². The Morgan fingerprint density at radius 1 is 0.692 bits per heavy atom. The van der Waals surface area contributed by atoms with Gasteiger partial charge in [-0.1, -0.05) is 96.2 Å². The highest BCUT2D eigenvalue weighted by atomic mass is 28.3. The van der Waals surface area contributed by atoms with Gasteiger partial charge in [0.1, 0.15) is 16.1 Å². The summed E-state index contributed by atoms with van der Waals surface area (Å²) in [6, 6.07) is 11.0. The fourth-order valence-electron chi connectivity index (χ4n) is 2.73. The molecule has 26 heavy (non-hydrogen) atoms. The van der Waals surface area contributed by atoms with E-state index in [0.717, 1.165) is 5.56 Å². The van der Waals surface area contributed by atoms with Gasteiger partial charge in [0.25, 0.3) is 0 Å². The molecule has 0 aliphatic heterocycles. The van der Waals surface area contributed by atoms with E-state index in [1.54, 1.807) is 0 Å². The van der Waals surface area contributed by atoms with Gasteiger partial charge in [-0.3, -0.25) is 0 Å². The van der Waals surface area contributed by atoms with Gasteiger partial charge in [0.15, 0.2) is 0 Å². The first-order chi connectivity index (χ1) is 11.8. The molecule has 0 saturated heterocycles. The average molecular weight is 377 g/mol. The Balaban J connectivity index is 2.82. The molecule has 2 rings (SSSR count). The number of rotatable bonds is 0. The largest absolute Gasteiger partial charge is 0.129 e. The van der Waals surface area contributed by atoms with Crippen LogP contribution in [0.25, 0.3) is 10.8 Å². The van der Waals surface area contributed by atoms with Gasteiger partial charge in [0.2, 0.25) is 0 Å². The van der Waals surface area contributed by atoms with Crippen LogP contribution in [-0.2, 0) is 5.41 Å². The molecule has 2 heteroatoms. The predicted octanol–water partition coefficient (Wildman–Crippen LogP) is 6.60. The highest BCUT2D eigenvalue weighted by molar-refractivity contribution is 6.84. The van der Waals surface area contributed by atoms with Crippen molar-refractivity contribution >= 4 is 26.9 Å². The summed E-state index contributed by atoms with van der Waals surface area (Å²) in [6.45, 7) is 20.6. The van der Waals surface area contributed by atoms with Crippen molar-refractivity contribution in [1.29, 1.82) is 0 Å². The molecular formula is C24H32Si2. The summed E-state index contributed by atoms with van der Waals surface area (Å²) in [5, 5.41) is 2.47. The lowest BCUT2D eigenvalue weighted by molar-refractivity contribution is 0.589. The first kappa shape index (κ1) is 20.6. The topological polar surface area (TPSA) is 0 Å². The molecule has 0 N–H and O–H groups in total. The molecule has 0 saturated carbocycles. The van der Waals surface area contributed by atoms with Gasteiger partial charge in [-0.25, -0.2) is 0 Å². The van der Waals surface area contributed by atoms with Crippen LogP contribution in [0.15, 0.2) is 30.3 Å². The molecule has 0 fully saturated rings. The van der Waals surface area contributed by atoms with Gasteiger partial charge < -0.3 is 0 Å². The van der Waals surface area contributed by atoms with E-state index in [1.165, 1.54) is 21.9 Å². The molecule has 0 unspecified atom stereocenters. The third-order valence-electron chi connectivity index (χ3n) is 4.00. The maximum absolute atomic E-state index is 3.58. The lowest BCUT2D eigenvalue weighted by atomic mass is 9.81. The molecule has 0 heterocycles. The van der Waals surface area contributed by atoms with Crippen LogP contribution in [0, 0.1) is 22.9 Å². The summed E-state index contributed by atoms with van der Waals surface area (Å²) >= 11 is 0. The maximum Gasteiger partial charge on any atom is 0.129 e. The first-order valence-electron chi connectivity index (χ1n) is 9.40. The van der Waals surface area contributed by atoms with Gasteiger partial charge >= 0.3 is 0 Å². The van der Waals surface area contributed by atoms with Crippen molar-refractivity contribution in [3.63, 3.8) is 0 Å². The molecule has 136 valence electrons. The molecule has 0 aliphatic rings. The van der Waals surface area contributed by atoms with Crippen molar-refractivity contribution in [1.82, 2.24) is 0 Å². The zero-order valence-corrected chi connectivity index (χ0v) is 19.9. The van der Waals surface area contributed by atoms with Crippen molar-refractivity contribution in [3.8, 4) is 22.9 Å². The molecule has 0 aliphatic carbocycles. The van der Waals surface area contributed by atoms with E-state index in [-0.39, 0.29) is 5.41 Å². The molecule has 2 aromatic carbocycles.